The number of nitrogens with zero attached hydrogens (tertiary/aromatic N) is 3. The molecule has 6 nitrogen and oxygen atoms in total. The van der Waals surface area contributed by atoms with Crippen molar-refractivity contribution in [1.82, 2.24) is 15.0 Å². The lowest BCUT2D eigenvalue weighted by atomic mass is 9.92. The van der Waals surface area contributed by atoms with Crippen molar-refractivity contribution in [3.8, 4) is 11.3 Å². The molecule has 1 aliphatic rings. The van der Waals surface area contributed by atoms with Gasteiger partial charge in [-0.15, -0.1) is 0 Å². The summed E-state index contributed by atoms with van der Waals surface area (Å²) in [6.07, 6.45) is 7.42. The van der Waals surface area contributed by atoms with Crippen molar-refractivity contribution < 1.29 is 4.39 Å². The van der Waals surface area contributed by atoms with Crippen molar-refractivity contribution in [2.24, 2.45) is 5.73 Å². The number of hydrogen-bond acceptors (Lipinski definition) is 6. The number of benzene rings is 1. The first kappa shape index (κ1) is 20.5. The van der Waals surface area contributed by atoms with E-state index < -0.39 is 0 Å². The van der Waals surface area contributed by atoms with Crippen LogP contribution in [0.15, 0.2) is 48.8 Å². The van der Waals surface area contributed by atoms with Crippen LogP contribution in [0.1, 0.15) is 31.2 Å². The number of aromatic nitrogens is 3. The van der Waals surface area contributed by atoms with Crippen molar-refractivity contribution in [2.75, 3.05) is 10.6 Å². The van der Waals surface area contributed by atoms with Crippen LogP contribution in [0.25, 0.3) is 11.3 Å². The van der Waals surface area contributed by atoms with Gasteiger partial charge in [-0.25, -0.2) is 19.3 Å². The van der Waals surface area contributed by atoms with Crippen molar-refractivity contribution in [2.45, 2.75) is 44.3 Å². The third kappa shape index (κ3) is 5.23. The lowest BCUT2D eigenvalue weighted by Gasteiger charge is -2.27. The number of nitrogens with two attached hydrogens (primary N) is 1. The van der Waals surface area contributed by atoms with Gasteiger partial charge in [0.25, 0.3) is 0 Å². The molecule has 0 radical (unpaired) electrons. The maximum absolute atomic E-state index is 13.4. The molecule has 0 spiro atoms. The lowest BCUT2D eigenvalue weighted by Crippen LogP contribution is -2.33. The largest absolute Gasteiger partial charge is 0.367 e. The molecular weight excluding hydrogens is 403 g/mol. The summed E-state index contributed by atoms with van der Waals surface area (Å²) >= 11 is 6.37. The minimum Gasteiger partial charge on any atom is -0.367 e. The van der Waals surface area contributed by atoms with Crippen LogP contribution in [0.5, 0.6) is 0 Å². The van der Waals surface area contributed by atoms with E-state index >= 15 is 0 Å². The Hall–Kier alpha value is -2.77. The highest BCUT2D eigenvalue weighted by molar-refractivity contribution is 6.32. The highest BCUT2D eigenvalue weighted by Crippen LogP contribution is 2.28. The zero-order valence-electron chi connectivity index (χ0n) is 16.5. The van der Waals surface area contributed by atoms with Crippen molar-refractivity contribution >= 4 is 23.4 Å². The molecule has 0 atom stereocenters. The van der Waals surface area contributed by atoms with Gasteiger partial charge in [0.15, 0.2) is 0 Å². The molecule has 0 saturated heterocycles. The Kier molecular flexibility index (Phi) is 6.40. The van der Waals surface area contributed by atoms with Gasteiger partial charge in [-0.2, -0.15) is 0 Å². The zero-order valence-corrected chi connectivity index (χ0v) is 17.2. The molecule has 0 unspecified atom stereocenters. The first-order chi connectivity index (χ1) is 14.6. The topological polar surface area (TPSA) is 88.8 Å². The van der Waals surface area contributed by atoms with E-state index in [0.717, 1.165) is 42.6 Å². The fraction of sp³-hybridized carbons (Fsp3) is 0.318. The minimum atomic E-state index is -0.274. The quantitative estimate of drug-likeness (QED) is 0.532. The van der Waals surface area contributed by atoms with Gasteiger partial charge in [-0.05, 0) is 55.5 Å². The van der Waals surface area contributed by atoms with Crippen molar-refractivity contribution in [1.29, 1.82) is 0 Å². The summed E-state index contributed by atoms with van der Waals surface area (Å²) in [7, 11) is 0. The Balaban J connectivity index is 1.48. The van der Waals surface area contributed by atoms with Gasteiger partial charge >= 0.3 is 0 Å². The monoisotopic (exact) mass is 426 g/mol. The molecule has 1 aromatic carbocycles. The molecular formula is C22H24ClFN6. The Labute approximate surface area is 180 Å². The Morgan fingerprint density at radius 3 is 2.73 bits per heavy atom. The Morgan fingerprint density at radius 1 is 1.10 bits per heavy atom. The van der Waals surface area contributed by atoms with E-state index in [1.165, 1.54) is 12.1 Å². The summed E-state index contributed by atoms with van der Waals surface area (Å²) < 4.78 is 13.4. The molecule has 30 heavy (non-hydrogen) atoms. The summed E-state index contributed by atoms with van der Waals surface area (Å²) in [6, 6.07) is 10.9. The molecule has 2 aromatic heterocycles. The lowest BCUT2D eigenvalue weighted by molar-refractivity contribution is 0.410. The third-order valence-corrected chi connectivity index (χ3v) is 5.52. The van der Waals surface area contributed by atoms with Crippen LogP contribution in [0, 0.1) is 5.82 Å². The maximum atomic E-state index is 13.4. The molecule has 2 heterocycles. The van der Waals surface area contributed by atoms with Crippen molar-refractivity contribution in [3.05, 3.63) is 65.2 Å². The third-order valence-electron chi connectivity index (χ3n) is 5.24. The first-order valence-corrected chi connectivity index (χ1v) is 10.4. The van der Waals surface area contributed by atoms with Crippen LogP contribution >= 0.6 is 11.6 Å². The van der Waals surface area contributed by atoms with E-state index in [4.69, 9.17) is 17.3 Å². The van der Waals surface area contributed by atoms with E-state index in [1.54, 1.807) is 18.5 Å². The van der Waals surface area contributed by atoms with E-state index in [1.807, 2.05) is 18.2 Å². The first-order valence-electron chi connectivity index (χ1n) is 10.1. The van der Waals surface area contributed by atoms with Gasteiger partial charge < -0.3 is 16.4 Å². The van der Waals surface area contributed by atoms with E-state index in [-0.39, 0.29) is 5.82 Å². The second-order valence-corrected chi connectivity index (χ2v) is 7.97. The fourth-order valence-electron chi connectivity index (χ4n) is 3.61. The van der Waals surface area contributed by atoms with Gasteiger partial charge in [-0.1, -0.05) is 23.7 Å². The minimum absolute atomic E-state index is 0.274. The van der Waals surface area contributed by atoms with Gasteiger partial charge in [0.2, 0.25) is 5.95 Å². The van der Waals surface area contributed by atoms with Crippen LogP contribution in [0.2, 0.25) is 5.02 Å². The molecule has 4 rings (SSSR count). The van der Waals surface area contributed by atoms with Crippen LogP contribution in [0.3, 0.4) is 0 Å². The average molecular weight is 427 g/mol. The molecule has 0 aliphatic heterocycles. The van der Waals surface area contributed by atoms with Crippen molar-refractivity contribution in [3.63, 3.8) is 0 Å². The number of hydrogen-bond donors (Lipinski definition) is 3. The zero-order chi connectivity index (χ0) is 20.9. The van der Waals surface area contributed by atoms with E-state index in [2.05, 4.69) is 25.6 Å². The SMILES string of the molecule is NC1CCC(Nc2cc(-c3nc(NCc4cccc(F)c4)ncc3Cl)ccn2)CC1. The highest BCUT2D eigenvalue weighted by atomic mass is 35.5. The highest BCUT2D eigenvalue weighted by Gasteiger charge is 2.19. The Bertz CT molecular complexity index is 1010. The number of anilines is 2. The van der Waals surface area contributed by atoms with E-state index in [0.29, 0.717) is 35.3 Å². The molecule has 0 bridgehead atoms. The average Bonchev–Trinajstić information content (AvgIpc) is 2.75. The molecule has 3 aromatic rings. The standard InChI is InChI=1S/C22H24ClFN6/c23-19-13-28-22(27-12-14-2-1-3-16(24)10-14)30-21(19)15-8-9-26-20(11-15)29-18-6-4-17(25)5-7-18/h1-3,8-11,13,17-18H,4-7,12,25H2,(H,26,29)(H,27,28,30). The normalized spacial score (nSPS) is 18.8. The summed E-state index contributed by atoms with van der Waals surface area (Å²) in [4.78, 5) is 13.2. The summed E-state index contributed by atoms with van der Waals surface area (Å²) in [5.41, 5.74) is 8.26. The molecule has 4 N–H and O–H groups in total. The van der Waals surface area contributed by atoms with Gasteiger partial charge in [0, 0.05) is 30.4 Å². The Morgan fingerprint density at radius 2 is 1.93 bits per heavy atom. The molecule has 1 aliphatic carbocycles. The van der Waals surface area contributed by atoms with Crippen LogP contribution in [-0.4, -0.2) is 27.0 Å². The fourth-order valence-corrected chi connectivity index (χ4v) is 3.81. The van der Waals surface area contributed by atoms with Gasteiger partial charge in [0.1, 0.15) is 11.6 Å². The molecule has 8 heteroatoms. The predicted molar refractivity (Wildman–Crippen MR) is 118 cm³/mol. The molecule has 0 amide bonds. The smallest absolute Gasteiger partial charge is 0.223 e. The molecule has 1 saturated carbocycles. The number of rotatable bonds is 6. The van der Waals surface area contributed by atoms with Crippen LogP contribution < -0.4 is 16.4 Å². The van der Waals surface area contributed by atoms with Gasteiger partial charge in [-0.3, -0.25) is 0 Å². The summed E-state index contributed by atoms with van der Waals surface area (Å²) in [5.74, 6) is 0.937. The van der Waals surface area contributed by atoms with E-state index in [9.17, 15) is 4.39 Å². The summed E-state index contributed by atoms with van der Waals surface area (Å²) in [5, 5.41) is 7.06. The molecule has 1 fully saturated rings. The number of halogens is 2. The molecule has 156 valence electrons. The van der Waals surface area contributed by atoms with Crippen LogP contribution in [-0.2, 0) is 6.54 Å². The predicted octanol–water partition coefficient (Wildman–Crippen LogP) is 4.63. The second kappa shape index (κ2) is 9.36. The number of nitrogens with one attached hydrogen (secondary N) is 2. The van der Waals surface area contributed by atoms with Gasteiger partial charge in [0.05, 0.1) is 16.9 Å². The second-order valence-electron chi connectivity index (χ2n) is 7.56. The van der Waals surface area contributed by atoms with Crippen LogP contribution in [0.4, 0.5) is 16.2 Å². The number of pyridine rings is 1. The maximum Gasteiger partial charge on any atom is 0.223 e. The summed E-state index contributed by atoms with van der Waals surface area (Å²) in [6.45, 7) is 0.409.